The van der Waals surface area contributed by atoms with Crippen LogP contribution in [-0.4, -0.2) is 17.9 Å². The predicted molar refractivity (Wildman–Crippen MR) is 78.5 cm³/mol. The Morgan fingerprint density at radius 2 is 2.00 bits per heavy atom. The Morgan fingerprint density at radius 3 is 2.67 bits per heavy atom. The first-order chi connectivity index (χ1) is 10.1. The molecular formula is C15H13FN2O2S. The summed E-state index contributed by atoms with van der Waals surface area (Å²) in [7, 11) is 0. The molecule has 0 saturated carbocycles. The van der Waals surface area contributed by atoms with Crippen LogP contribution in [0.3, 0.4) is 0 Å². The SMILES string of the molecule is O=C1CC(NCc2cccs2)C(=O)N1c1ccc(F)cc1. The lowest BCUT2D eigenvalue weighted by Crippen LogP contribution is -2.38. The smallest absolute Gasteiger partial charge is 0.251 e. The molecule has 3 rings (SSSR count). The van der Waals surface area contributed by atoms with Gasteiger partial charge >= 0.3 is 0 Å². The number of rotatable bonds is 4. The number of hydrogen-bond acceptors (Lipinski definition) is 4. The summed E-state index contributed by atoms with van der Waals surface area (Å²) in [5, 5.41) is 5.06. The molecule has 1 fully saturated rings. The third kappa shape index (κ3) is 2.86. The van der Waals surface area contributed by atoms with E-state index in [1.165, 1.54) is 24.3 Å². The number of nitrogens with zero attached hydrogens (tertiary/aromatic N) is 1. The van der Waals surface area contributed by atoms with Crippen LogP contribution >= 0.6 is 11.3 Å². The van der Waals surface area contributed by atoms with Crippen LogP contribution in [0.2, 0.25) is 0 Å². The van der Waals surface area contributed by atoms with E-state index in [2.05, 4.69) is 5.32 Å². The van der Waals surface area contributed by atoms with Gasteiger partial charge in [0.1, 0.15) is 5.82 Å². The van der Waals surface area contributed by atoms with Gasteiger partial charge in [0.25, 0.3) is 5.91 Å². The van der Waals surface area contributed by atoms with Crippen molar-refractivity contribution in [1.29, 1.82) is 0 Å². The van der Waals surface area contributed by atoms with Crippen molar-refractivity contribution in [2.45, 2.75) is 19.0 Å². The monoisotopic (exact) mass is 304 g/mol. The van der Waals surface area contributed by atoms with E-state index in [4.69, 9.17) is 0 Å². The van der Waals surface area contributed by atoms with Crippen LogP contribution in [0.15, 0.2) is 41.8 Å². The minimum absolute atomic E-state index is 0.127. The lowest BCUT2D eigenvalue weighted by Gasteiger charge is -2.15. The molecule has 1 atom stereocenters. The van der Waals surface area contributed by atoms with Crippen LogP contribution in [-0.2, 0) is 16.1 Å². The fourth-order valence-electron chi connectivity index (χ4n) is 2.29. The van der Waals surface area contributed by atoms with Crippen LogP contribution in [0.25, 0.3) is 0 Å². The quantitative estimate of drug-likeness (QED) is 0.882. The van der Waals surface area contributed by atoms with Crippen molar-refractivity contribution in [3.05, 3.63) is 52.5 Å². The van der Waals surface area contributed by atoms with Crippen molar-refractivity contribution in [3.8, 4) is 0 Å². The third-order valence-corrected chi connectivity index (χ3v) is 4.21. The summed E-state index contributed by atoms with van der Waals surface area (Å²) in [6.07, 6.45) is 0.127. The van der Waals surface area contributed by atoms with E-state index in [1.807, 2.05) is 17.5 Å². The van der Waals surface area contributed by atoms with E-state index >= 15 is 0 Å². The minimum atomic E-state index is -0.523. The molecule has 0 spiro atoms. The Kier molecular flexibility index (Phi) is 3.81. The maximum atomic E-state index is 12.9. The Hall–Kier alpha value is -2.05. The number of halogens is 1. The molecule has 0 bridgehead atoms. The van der Waals surface area contributed by atoms with Crippen molar-refractivity contribution >= 4 is 28.8 Å². The Morgan fingerprint density at radius 1 is 1.24 bits per heavy atom. The van der Waals surface area contributed by atoms with Crippen LogP contribution in [0.5, 0.6) is 0 Å². The standard InChI is InChI=1S/C15H13FN2O2S/c16-10-3-5-11(6-4-10)18-14(19)8-13(15(18)20)17-9-12-2-1-7-21-12/h1-7,13,17H,8-9H2. The summed E-state index contributed by atoms with van der Waals surface area (Å²) < 4.78 is 12.9. The van der Waals surface area contributed by atoms with Crippen molar-refractivity contribution in [2.24, 2.45) is 0 Å². The molecule has 1 aromatic carbocycles. The van der Waals surface area contributed by atoms with Crippen molar-refractivity contribution < 1.29 is 14.0 Å². The number of thiophene rings is 1. The topological polar surface area (TPSA) is 49.4 Å². The first-order valence-electron chi connectivity index (χ1n) is 6.53. The summed E-state index contributed by atoms with van der Waals surface area (Å²) in [5.41, 5.74) is 0.409. The van der Waals surface area contributed by atoms with Gasteiger partial charge in [-0.2, -0.15) is 0 Å². The summed E-state index contributed by atoms with van der Waals surface area (Å²) in [4.78, 5) is 26.6. The summed E-state index contributed by atoms with van der Waals surface area (Å²) >= 11 is 1.59. The number of nitrogens with one attached hydrogen (secondary N) is 1. The van der Waals surface area contributed by atoms with Crippen LogP contribution in [0.4, 0.5) is 10.1 Å². The van der Waals surface area contributed by atoms with Crippen molar-refractivity contribution in [3.63, 3.8) is 0 Å². The maximum Gasteiger partial charge on any atom is 0.251 e. The van der Waals surface area contributed by atoms with Gasteiger partial charge in [0, 0.05) is 11.4 Å². The Labute approximate surface area is 125 Å². The molecule has 2 heterocycles. The van der Waals surface area contributed by atoms with E-state index in [0.717, 1.165) is 9.78 Å². The molecule has 108 valence electrons. The van der Waals surface area contributed by atoms with Gasteiger partial charge in [-0.1, -0.05) is 6.07 Å². The van der Waals surface area contributed by atoms with Gasteiger partial charge in [0.05, 0.1) is 18.2 Å². The molecule has 0 radical (unpaired) electrons. The van der Waals surface area contributed by atoms with E-state index in [1.54, 1.807) is 11.3 Å². The highest BCUT2D eigenvalue weighted by Crippen LogP contribution is 2.23. The predicted octanol–water partition coefficient (Wildman–Crippen LogP) is 2.31. The van der Waals surface area contributed by atoms with E-state index in [9.17, 15) is 14.0 Å². The van der Waals surface area contributed by atoms with Gasteiger partial charge < -0.3 is 5.32 Å². The van der Waals surface area contributed by atoms with Crippen LogP contribution in [0, 0.1) is 5.82 Å². The number of carbonyl (C=O) groups excluding carboxylic acids is 2. The maximum absolute atomic E-state index is 12.9. The lowest BCUT2D eigenvalue weighted by atomic mass is 10.2. The zero-order valence-corrected chi connectivity index (χ0v) is 11.9. The van der Waals surface area contributed by atoms with E-state index < -0.39 is 11.9 Å². The highest BCUT2D eigenvalue weighted by Gasteiger charge is 2.39. The molecule has 1 N–H and O–H groups in total. The van der Waals surface area contributed by atoms with Gasteiger partial charge in [-0.05, 0) is 35.7 Å². The minimum Gasteiger partial charge on any atom is -0.300 e. The molecule has 1 saturated heterocycles. The average Bonchev–Trinajstić information content (AvgIpc) is 3.07. The number of amides is 2. The molecule has 21 heavy (non-hydrogen) atoms. The molecule has 1 aromatic heterocycles. The first-order valence-corrected chi connectivity index (χ1v) is 7.41. The molecule has 0 aliphatic carbocycles. The molecule has 1 aliphatic heterocycles. The average molecular weight is 304 g/mol. The molecule has 4 nitrogen and oxygen atoms in total. The molecule has 1 aliphatic rings. The third-order valence-electron chi connectivity index (χ3n) is 3.33. The second-order valence-electron chi connectivity index (χ2n) is 4.76. The van der Waals surface area contributed by atoms with Gasteiger partial charge in [0.15, 0.2) is 0 Å². The van der Waals surface area contributed by atoms with E-state index in [0.29, 0.717) is 12.2 Å². The zero-order valence-electron chi connectivity index (χ0n) is 11.1. The fraction of sp³-hybridized carbons (Fsp3) is 0.200. The summed E-state index contributed by atoms with van der Waals surface area (Å²) in [6, 6.07) is 8.74. The van der Waals surface area contributed by atoms with Gasteiger partial charge in [0.2, 0.25) is 5.91 Å². The van der Waals surface area contributed by atoms with Crippen molar-refractivity contribution in [1.82, 2.24) is 5.32 Å². The van der Waals surface area contributed by atoms with Gasteiger partial charge in [-0.15, -0.1) is 11.3 Å². The number of imide groups is 1. The molecule has 6 heteroatoms. The second kappa shape index (κ2) is 5.75. The highest BCUT2D eigenvalue weighted by molar-refractivity contribution is 7.09. The van der Waals surface area contributed by atoms with E-state index in [-0.39, 0.29) is 18.2 Å². The largest absolute Gasteiger partial charge is 0.300 e. The summed E-state index contributed by atoms with van der Waals surface area (Å²) in [5.74, 6) is -0.955. The molecule has 1 unspecified atom stereocenters. The Bertz CT molecular complexity index is 655. The van der Waals surface area contributed by atoms with Gasteiger partial charge in [-0.25, -0.2) is 9.29 Å². The molecule has 2 amide bonds. The lowest BCUT2D eigenvalue weighted by molar-refractivity contribution is -0.121. The highest BCUT2D eigenvalue weighted by atomic mass is 32.1. The Balaban J connectivity index is 1.71. The van der Waals surface area contributed by atoms with Crippen molar-refractivity contribution in [2.75, 3.05) is 4.90 Å². The molecular weight excluding hydrogens is 291 g/mol. The second-order valence-corrected chi connectivity index (χ2v) is 5.79. The van der Waals surface area contributed by atoms with Crippen LogP contribution < -0.4 is 10.2 Å². The number of carbonyl (C=O) groups is 2. The van der Waals surface area contributed by atoms with Crippen LogP contribution in [0.1, 0.15) is 11.3 Å². The fourth-order valence-corrected chi connectivity index (χ4v) is 2.95. The number of anilines is 1. The number of benzene rings is 1. The number of hydrogen-bond donors (Lipinski definition) is 1. The first kappa shape index (κ1) is 13.9. The zero-order chi connectivity index (χ0) is 14.8. The molecule has 2 aromatic rings. The van der Waals surface area contributed by atoms with Gasteiger partial charge in [-0.3, -0.25) is 9.59 Å². The normalized spacial score (nSPS) is 18.5. The summed E-state index contributed by atoms with van der Waals surface area (Å²) in [6.45, 7) is 0.554.